The zero-order valence-corrected chi connectivity index (χ0v) is 19.3. The summed E-state index contributed by atoms with van der Waals surface area (Å²) in [5.74, 6) is 0.912. The lowest BCUT2D eigenvalue weighted by molar-refractivity contribution is -0.945. The van der Waals surface area contributed by atoms with Crippen LogP contribution in [0.2, 0.25) is 0 Å². The lowest BCUT2D eigenvalue weighted by atomic mass is 9.75. The van der Waals surface area contributed by atoms with Gasteiger partial charge in [-0.25, -0.2) is 4.68 Å². The fraction of sp³-hybridized carbons (Fsp3) is 0.560. The van der Waals surface area contributed by atoms with E-state index in [1.165, 1.54) is 5.56 Å². The van der Waals surface area contributed by atoms with E-state index >= 15 is 0 Å². The number of amides is 1. The first kappa shape index (κ1) is 21.8. The minimum Gasteiger partial charge on any atom is -0.342 e. The van der Waals surface area contributed by atoms with Gasteiger partial charge in [0.05, 0.1) is 31.7 Å². The van der Waals surface area contributed by atoms with Crippen molar-refractivity contribution >= 4 is 5.91 Å². The highest BCUT2D eigenvalue weighted by atomic mass is 16.2. The van der Waals surface area contributed by atoms with Crippen molar-refractivity contribution in [1.29, 1.82) is 0 Å². The van der Waals surface area contributed by atoms with Crippen LogP contribution in [-0.4, -0.2) is 58.5 Å². The number of hydrogen-bond acceptors (Lipinski definition) is 3. The van der Waals surface area contributed by atoms with Crippen molar-refractivity contribution in [3.8, 4) is 11.3 Å². The Kier molecular flexibility index (Phi) is 6.02. The van der Waals surface area contributed by atoms with Crippen LogP contribution in [0.5, 0.6) is 0 Å². The molecule has 6 heteroatoms. The van der Waals surface area contributed by atoms with Crippen LogP contribution in [0.15, 0.2) is 43.1 Å². The third-order valence-electron chi connectivity index (χ3n) is 7.14. The van der Waals surface area contributed by atoms with Crippen LogP contribution >= 0.6 is 0 Å². The number of nitrogens with zero attached hydrogens (tertiary/aromatic N) is 4. The number of hydrogen-bond donors (Lipinski definition) is 1. The molecule has 0 radical (unpaired) electrons. The molecule has 1 unspecified atom stereocenters. The minimum atomic E-state index is 0.146. The Morgan fingerprint density at radius 1 is 1.32 bits per heavy atom. The van der Waals surface area contributed by atoms with Crippen LogP contribution in [0.1, 0.15) is 39.2 Å². The van der Waals surface area contributed by atoms with E-state index in [1.807, 2.05) is 16.6 Å². The fourth-order valence-electron chi connectivity index (χ4n) is 5.25. The predicted molar refractivity (Wildman–Crippen MR) is 123 cm³/mol. The van der Waals surface area contributed by atoms with Gasteiger partial charge in [0.2, 0.25) is 5.91 Å². The second-order valence-corrected chi connectivity index (χ2v) is 10.4. The molecule has 3 aliphatic rings. The summed E-state index contributed by atoms with van der Waals surface area (Å²) in [5.41, 5.74) is 3.49. The van der Waals surface area contributed by atoms with Crippen molar-refractivity contribution in [2.24, 2.45) is 11.8 Å². The van der Waals surface area contributed by atoms with Gasteiger partial charge in [0.25, 0.3) is 0 Å². The molecule has 0 aliphatic carbocycles. The third-order valence-corrected chi connectivity index (χ3v) is 7.14. The Hall–Kier alpha value is -2.47. The molecule has 3 saturated heterocycles. The molecule has 1 aromatic heterocycles. The number of nitrogens with one attached hydrogen (secondary N) is 1. The zero-order valence-electron chi connectivity index (χ0n) is 19.3. The molecule has 1 amide bonds. The van der Waals surface area contributed by atoms with Gasteiger partial charge in [-0.2, -0.15) is 0 Å². The van der Waals surface area contributed by atoms with Gasteiger partial charge < -0.3 is 9.80 Å². The first-order valence-corrected chi connectivity index (χ1v) is 11.5. The third kappa shape index (κ3) is 4.59. The lowest BCUT2D eigenvalue weighted by Crippen LogP contribution is -3.20. The molecule has 0 spiro atoms. The normalized spacial score (nSPS) is 25.4. The number of benzene rings is 1. The van der Waals surface area contributed by atoms with E-state index in [4.69, 9.17) is 0 Å². The monoisotopic (exact) mass is 422 g/mol. The maximum atomic E-state index is 12.8. The van der Waals surface area contributed by atoms with Crippen LogP contribution < -0.4 is 4.90 Å². The molecule has 4 heterocycles. The van der Waals surface area contributed by atoms with Crippen molar-refractivity contribution in [2.75, 3.05) is 26.7 Å². The van der Waals surface area contributed by atoms with Gasteiger partial charge >= 0.3 is 0 Å². The summed E-state index contributed by atoms with van der Waals surface area (Å²) >= 11 is 0. The molecule has 2 aromatic rings. The second kappa shape index (κ2) is 8.58. The summed E-state index contributed by atoms with van der Waals surface area (Å²) < 4.78 is 1.99. The van der Waals surface area contributed by atoms with Crippen molar-refractivity contribution in [1.82, 2.24) is 19.9 Å². The second-order valence-electron chi connectivity index (χ2n) is 10.4. The number of piperidine rings is 3. The van der Waals surface area contributed by atoms with E-state index in [0.717, 1.165) is 43.7 Å². The number of quaternary nitrogens is 1. The average molecular weight is 423 g/mol. The summed E-state index contributed by atoms with van der Waals surface area (Å²) in [6, 6.07) is 9.16. The van der Waals surface area contributed by atoms with E-state index < -0.39 is 0 Å². The van der Waals surface area contributed by atoms with Gasteiger partial charge in [-0.05, 0) is 16.9 Å². The highest BCUT2D eigenvalue weighted by molar-refractivity contribution is 5.79. The van der Waals surface area contributed by atoms with Crippen LogP contribution in [0, 0.1) is 11.8 Å². The van der Waals surface area contributed by atoms with E-state index in [2.05, 4.69) is 68.1 Å². The Balaban J connectivity index is 1.40. The summed E-state index contributed by atoms with van der Waals surface area (Å²) in [6.07, 6.45) is 6.10. The molecule has 0 saturated carbocycles. The number of likely N-dealkylation sites (N-methyl/N-ethyl adjacent to an activating group) is 1. The number of aromatic nitrogens is 3. The molecule has 1 N–H and O–H groups in total. The summed E-state index contributed by atoms with van der Waals surface area (Å²) in [7, 11) is 1.89. The Morgan fingerprint density at radius 3 is 2.68 bits per heavy atom. The van der Waals surface area contributed by atoms with Gasteiger partial charge in [0.15, 0.2) is 0 Å². The fourth-order valence-corrected chi connectivity index (χ4v) is 5.25. The molecule has 3 fully saturated rings. The van der Waals surface area contributed by atoms with Crippen LogP contribution in [0.4, 0.5) is 0 Å². The van der Waals surface area contributed by atoms with Crippen molar-refractivity contribution in [2.45, 2.75) is 51.6 Å². The van der Waals surface area contributed by atoms with Crippen LogP contribution in [0.25, 0.3) is 11.3 Å². The van der Waals surface area contributed by atoms with Gasteiger partial charge in [0, 0.05) is 32.0 Å². The largest absolute Gasteiger partial charge is 0.342 e. The molecule has 166 valence electrons. The number of fused-ring (bicyclic) bond motifs is 3. The van der Waals surface area contributed by atoms with E-state index in [0.29, 0.717) is 18.5 Å². The standard InChI is InChI=1S/C25H35N5O/c1-6-12-28(5)24(31)22-16-29-13-11-19(22)14-21(29)15-30-17-23(26-27-30)18-7-9-20(10-8-18)25(2,3)4/h6-10,17,19,21-22H,1,11-16H2,2-5H3/p+1/t19-,21-,22+/m1/s1. The highest BCUT2D eigenvalue weighted by Crippen LogP contribution is 2.29. The molecule has 6 nitrogen and oxygen atoms in total. The maximum Gasteiger partial charge on any atom is 0.231 e. The first-order valence-electron chi connectivity index (χ1n) is 11.5. The molecule has 3 aliphatic heterocycles. The van der Waals surface area contributed by atoms with Gasteiger partial charge in [-0.3, -0.25) is 4.79 Å². The summed E-state index contributed by atoms with van der Waals surface area (Å²) in [5, 5.41) is 8.84. The predicted octanol–water partition coefficient (Wildman–Crippen LogP) is 2.18. The summed E-state index contributed by atoms with van der Waals surface area (Å²) in [4.78, 5) is 16.2. The van der Waals surface area contributed by atoms with Crippen LogP contribution in [0.3, 0.4) is 0 Å². The molecular weight excluding hydrogens is 386 g/mol. The highest BCUT2D eigenvalue weighted by Gasteiger charge is 2.47. The molecule has 2 bridgehead atoms. The number of carbonyl (C=O) groups is 1. The SMILES string of the molecule is C=CCN(C)C(=O)[C@H]1C[NH+]2CC[C@@H]1C[C@@H]2Cn1cc(-c2ccc(C(C)(C)C)cc2)nn1. The minimum absolute atomic E-state index is 0.146. The van der Waals surface area contributed by atoms with Gasteiger partial charge in [0.1, 0.15) is 11.7 Å². The van der Waals surface area contributed by atoms with E-state index in [1.54, 1.807) is 11.0 Å². The van der Waals surface area contributed by atoms with E-state index in [-0.39, 0.29) is 17.2 Å². The van der Waals surface area contributed by atoms with Crippen molar-refractivity contribution in [3.63, 3.8) is 0 Å². The Bertz CT molecular complexity index is 926. The van der Waals surface area contributed by atoms with Crippen molar-refractivity contribution < 1.29 is 9.69 Å². The smallest absolute Gasteiger partial charge is 0.231 e. The molecule has 31 heavy (non-hydrogen) atoms. The molecule has 5 rings (SSSR count). The molecule has 1 aromatic carbocycles. The Labute approximate surface area is 185 Å². The topological polar surface area (TPSA) is 55.5 Å². The zero-order chi connectivity index (χ0) is 22.2. The van der Waals surface area contributed by atoms with Crippen molar-refractivity contribution in [3.05, 3.63) is 48.7 Å². The number of carbonyl (C=O) groups excluding carboxylic acids is 1. The summed E-state index contributed by atoms with van der Waals surface area (Å²) in [6.45, 7) is 14.0. The number of rotatable bonds is 6. The quantitative estimate of drug-likeness (QED) is 0.726. The average Bonchev–Trinajstić information content (AvgIpc) is 3.22. The van der Waals surface area contributed by atoms with Gasteiger partial charge in [-0.1, -0.05) is 56.3 Å². The van der Waals surface area contributed by atoms with Gasteiger partial charge in [-0.15, -0.1) is 11.7 Å². The lowest BCUT2D eigenvalue weighted by Gasteiger charge is -2.46. The molecule has 4 atom stereocenters. The Morgan fingerprint density at radius 2 is 2.06 bits per heavy atom. The molecular formula is C25H36N5O+. The first-order chi connectivity index (χ1) is 14.8. The van der Waals surface area contributed by atoms with E-state index in [9.17, 15) is 4.79 Å². The van der Waals surface area contributed by atoms with Crippen LogP contribution in [-0.2, 0) is 16.8 Å². The maximum absolute atomic E-state index is 12.8.